The van der Waals surface area contributed by atoms with Crippen LogP contribution < -0.4 is 10.6 Å². The second-order valence-electron chi connectivity index (χ2n) is 4.83. The fraction of sp³-hybridized carbons (Fsp3) is 0.500. The molecule has 1 unspecified atom stereocenters. The van der Waals surface area contributed by atoms with E-state index in [-0.39, 0.29) is 24.1 Å². The van der Waals surface area contributed by atoms with Crippen molar-refractivity contribution in [3.05, 3.63) is 29.6 Å². The van der Waals surface area contributed by atoms with Gasteiger partial charge in [0.25, 0.3) is 0 Å². The predicted octanol–water partition coefficient (Wildman–Crippen LogP) is 3.03. The molecular formula is C14H20ClFN2O. The van der Waals surface area contributed by atoms with Gasteiger partial charge in [-0.25, -0.2) is 4.39 Å². The third kappa shape index (κ3) is 3.07. The molecule has 1 saturated heterocycles. The van der Waals surface area contributed by atoms with Crippen molar-refractivity contribution in [3.63, 3.8) is 0 Å². The highest BCUT2D eigenvalue weighted by atomic mass is 35.5. The summed E-state index contributed by atoms with van der Waals surface area (Å²) in [5.41, 5.74) is 0.551. The lowest BCUT2D eigenvalue weighted by Crippen LogP contribution is -2.50. The molecule has 1 atom stereocenters. The van der Waals surface area contributed by atoms with Crippen LogP contribution >= 0.6 is 12.4 Å². The second-order valence-corrected chi connectivity index (χ2v) is 4.83. The van der Waals surface area contributed by atoms with Gasteiger partial charge in [-0.15, -0.1) is 12.4 Å². The van der Waals surface area contributed by atoms with Gasteiger partial charge >= 0.3 is 0 Å². The Balaban J connectivity index is 0.00000180. The van der Waals surface area contributed by atoms with Gasteiger partial charge in [-0.2, -0.15) is 0 Å². The zero-order valence-electron chi connectivity index (χ0n) is 11.3. The predicted molar refractivity (Wildman–Crippen MR) is 77.3 cm³/mol. The van der Waals surface area contributed by atoms with Gasteiger partial charge in [-0.05, 0) is 44.9 Å². The molecule has 1 aromatic rings. The molecule has 1 amide bonds. The van der Waals surface area contributed by atoms with Gasteiger partial charge in [-0.1, -0.05) is 13.0 Å². The van der Waals surface area contributed by atoms with Gasteiger partial charge < -0.3 is 10.6 Å². The fourth-order valence-corrected chi connectivity index (χ4v) is 2.45. The lowest BCUT2D eigenvalue weighted by molar-refractivity contribution is -0.122. The molecule has 19 heavy (non-hydrogen) atoms. The van der Waals surface area contributed by atoms with Crippen molar-refractivity contribution in [1.82, 2.24) is 5.32 Å². The van der Waals surface area contributed by atoms with Crippen LogP contribution in [0.15, 0.2) is 18.2 Å². The summed E-state index contributed by atoms with van der Waals surface area (Å²) >= 11 is 0. The molecule has 1 aliphatic heterocycles. The molecule has 1 heterocycles. The molecule has 0 bridgehead atoms. The van der Waals surface area contributed by atoms with Crippen molar-refractivity contribution in [1.29, 1.82) is 0 Å². The minimum atomic E-state index is -0.487. The van der Waals surface area contributed by atoms with E-state index in [9.17, 15) is 9.18 Å². The Kier molecular flexibility index (Phi) is 5.32. The van der Waals surface area contributed by atoms with Gasteiger partial charge in [0.05, 0.1) is 5.54 Å². The first-order chi connectivity index (χ1) is 8.59. The quantitative estimate of drug-likeness (QED) is 0.897. The summed E-state index contributed by atoms with van der Waals surface area (Å²) in [5, 5.41) is 6.11. The van der Waals surface area contributed by atoms with Crippen molar-refractivity contribution >= 4 is 24.0 Å². The standard InChI is InChI=1S/C14H19FN2O.ClH/c1-3-14(8-5-9-16-14)13(18)17-12-7-4-6-11(15)10(12)2;/h4,6-7,16H,3,5,8-9H2,1-2H3,(H,17,18);1H. The highest BCUT2D eigenvalue weighted by molar-refractivity contribution is 5.98. The molecule has 3 nitrogen and oxygen atoms in total. The van der Waals surface area contributed by atoms with Crippen LogP contribution in [0.2, 0.25) is 0 Å². The normalized spacial score (nSPS) is 21.8. The van der Waals surface area contributed by atoms with Crippen LogP contribution in [0.4, 0.5) is 10.1 Å². The molecule has 106 valence electrons. The van der Waals surface area contributed by atoms with E-state index in [1.165, 1.54) is 6.07 Å². The van der Waals surface area contributed by atoms with Gasteiger partial charge in [-0.3, -0.25) is 4.79 Å². The van der Waals surface area contributed by atoms with E-state index in [2.05, 4.69) is 10.6 Å². The molecule has 1 aliphatic rings. The van der Waals surface area contributed by atoms with Crippen molar-refractivity contribution in [3.8, 4) is 0 Å². The largest absolute Gasteiger partial charge is 0.324 e. The molecule has 0 spiro atoms. The van der Waals surface area contributed by atoms with Gasteiger partial charge in [0, 0.05) is 11.3 Å². The Bertz CT molecular complexity index is 459. The summed E-state index contributed by atoms with van der Waals surface area (Å²) in [7, 11) is 0. The molecule has 1 fully saturated rings. The first-order valence-electron chi connectivity index (χ1n) is 6.40. The van der Waals surface area contributed by atoms with E-state index in [1.54, 1.807) is 19.1 Å². The van der Waals surface area contributed by atoms with E-state index in [4.69, 9.17) is 0 Å². The lowest BCUT2D eigenvalue weighted by atomic mass is 9.93. The number of benzene rings is 1. The van der Waals surface area contributed by atoms with E-state index >= 15 is 0 Å². The number of halogens is 2. The van der Waals surface area contributed by atoms with Crippen LogP contribution in [0.5, 0.6) is 0 Å². The van der Waals surface area contributed by atoms with E-state index in [0.717, 1.165) is 25.8 Å². The van der Waals surface area contributed by atoms with Crippen LogP contribution in [0.1, 0.15) is 31.7 Å². The maximum atomic E-state index is 13.4. The molecule has 1 aromatic carbocycles. The Labute approximate surface area is 119 Å². The number of carbonyl (C=O) groups is 1. The van der Waals surface area contributed by atoms with Gasteiger partial charge in [0.1, 0.15) is 5.82 Å². The van der Waals surface area contributed by atoms with Crippen molar-refractivity contribution < 1.29 is 9.18 Å². The summed E-state index contributed by atoms with van der Waals surface area (Å²) in [6.45, 7) is 4.53. The highest BCUT2D eigenvalue weighted by Crippen LogP contribution is 2.26. The van der Waals surface area contributed by atoms with Crippen LogP contribution in [0, 0.1) is 12.7 Å². The molecular weight excluding hydrogens is 267 g/mol. The fourth-order valence-electron chi connectivity index (χ4n) is 2.45. The van der Waals surface area contributed by atoms with E-state index in [1.807, 2.05) is 6.92 Å². The minimum absolute atomic E-state index is 0. The SMILES string of the molecule is CCC1(C(=O)Nc2cccc(F)c2C)CCCN1.Cl. The molecule has 0 saturated carbocycles. The molecule has 5 heteroatoms. The third-order valence-corrected chi connectivity index (χ3v) is 3.80. The zero-order valence-corrected chi connectivity index (χ0v) is 12.1. The third-order valence-electron chi connectivity index (χ3n) is 3.80. The van der Waals surface area contributed by atoms with Crippen molar-refractivity contribution in [2.45, 2.75) is 38.6 Å². The summed E-state index contributed by atoms with van der Waals surface area (Å²) in [4.78, 5) is 12.3. The molecule has 0 radical (unpaired) electrons. The summed E-state index contributed by atoms with van der Waals surface area (Å²) < 4.78 is 13.4. The van der Waals surface area contributed by atoms with E-state index in [0.29, 0.717) is 11.3 Å². The maximum Gasteiger partial charge on any atom is 0.244 e. The molecule has 2 N–H and O–H groups in total. The Morgan fingerprint density at radius 1 is 1.53 bits per heavy atom. The number of nitrogens with one attached hydrogen (secondary N) is 2. The molecule has 2 rings (SSSR count). The monoisotopic (exact) mass is 286 g/mol. The number of amides is 1. The van der Waals surface area contributed by atoms with Crippen LogP contribution in [0.3, 0.4) is 0 Å². The minimum Gasteiger partial charge on any atom is -0.324 e. The molecule has 0 aliphatic carbocycles. The average molecular weight is 287 g/mol. The highest BCUT2D eigenvalue weighted by Gasteiger charge is 2.39. The van der Waals surface area contributed by atoms with Gasteiger partial charge in [0.15, 0.2) is 0 Å². The average Bonchev–Trinajstić information content (AvgIpc) is 2.85. The van der Waals surface area contributed by atoms with E-state index < -0.39 is 5.54 Å². The number of anilines is 1. The first-order valence-corrected chi connectivity index (χ1v) is 6.40. The van der Waals surface area contributed by atoms with Crippen LogP contribution in [-0.4, -0.2) is 18.0 Å². The van der Waals surface area contributed by atoms with Crippen LogP contribution in [0.25, 0.3) is 0 Å². The lowest BCUT2D eigenvalue weighted by Gasteiger charge is -2.27. The van der Waals surface area contributed by atoms with Gasteiger partial charge in [0.2, 0.25) is 5.91 Å². The number of hydrogen-bond acceptors (Lipinski definition) is 2. The maximum absolute atomic E-state index is 13.4. The topological polar surface area (TPSA) is 41.1 Å². The Morgan fingerprint density at radius 2 is 2.26 bits per heavy atom. The smallest absolute Gasteiger partial charge is 0.244 e. The molecule has 0 aromatic heterocycles. The Morgan fingerprint density at radius 3 is 2.84 bits per heavy atom. The number of hydrogen-bond donors (Lipinski definition) is 2. The second kappa shape index (κ2) is 6.35. The summed E-state index contributed by atoms with van der Waals surface area (Å²) in [5.74, 6) is -0.353. The number of rotatable bonds is 3. The van der Waals surface area contributed by atoms with Crippen molar-refractivity contribution in [2.75, 3.05) is 11.9 Å². The van der Waals surface area contributed by atoms with Crippen molar-refractivity contribution in [2.24, 2.45) is 0 Å². The zero-order chi connectivity index (χ0) is 13.2. The Hall–Kier alpha value is -1.13. The summed E-state index contributed by atoms with van der Waals surface area (Å²) in [6.07, 6.45) is 2.58. The summed E-state index contributed by atoms with van der Waals surface area (Å²) in [6, 6.07) is 4.74. The first kappa shape index (κ1) is 15.9. The van der Waals surface area contributed by atoms with Crippen LogP contribution in [-0.2, 0) is 4.79 Å². The number of carbonyl (C=O) groups excluding carboxylic acids is 1.